The Morgan fingerprint density at radius 2 is 1.92 bits per heavy atom. The van der Waals surface area contributed by atoms with Crippen LogP contribution in [0.15, 0.2) is 45.3 Å². The number of fused-ring (bicyclic) bond motifs is 3. The zero-order valence-electron chi connectivity index (χ0n) is 13.4. The van der Waals surface area contributed by atoms with E-state index in [4.69, 9.17) is 14.7 Å². The summed E-state index contributed by atoms with van der Waals surface area (Å²) in [6.45, 7) is 2.02. The Labute approximate surface area is 138 Å². The summed E-state index contributed by atoms with van der Waals surface area (Å²) in [4.78, 5) is 4.51. The minimum atomic E-state index is -0.436. The van der Waals surface area contributed by atoms with Crippen LogP contribution in [-0.2, 0) is 5.54 Å². The molecule has 0 radical (unpaired) electrons. The lowest BCUT2D eigenvalue weighted by molar-refractivity contribution is 0.229. The number of nitrogens with zero attached hydrogens (tertiary/aromatic N) is 2. The smallest absolute Gasteiger partial charge is 0.294 e. The summed E-state index contributed by atoms with van der Waals surface area (Å²) >= 11 is 0. The molecule has 0 atom stereocenters. The molecule has 2 aromatic heterocycles. The van der Waals surface area contributed by atoms with Crippen molar-refractivity contribution in [3.05, 3.63) is 47.8 Å². The number of hydrogen-bond donors (Lipinski definition) is 1. The Balaban J connectivity index is 1.70. The summed E-state index contributed by atoms with van der Waals surface area (Å²) in [6, 6.07) is 12.4. The zero-order valence-corrected chi connectivity index (χ0v) is 13.4. The SMILES string of the molecule is Cc1c(-c2nc(C3(N)CCC3)no2)oc2c1ccc1ccccc12. The molecule has 2 N–H and O–H groups in total. The van der Waals surface area contributed by atoms with E-state index in [9.17, 15) is 0 Å². The van der Waals surface area contributed by atoms with Crippen LogP contribution in [0.2, 0.25) is 0 Å². The van der Waals surface area contributed by atoms with Gasteiger partial charge in [0.1, 0.15) is 5.58 Å². The maximum atomic E-state index is 6.29. The highest BCUT2D eigenvalue weighted by atomic mass is 16.5. The van der Waals surface area contributed by atoms with E-state index >= 15 is 0 Å². The van der Waals surface area contributed by atoms with Crippen molar-refractivity contribution in [2.75, 3.05) is 0 Å². The lowest BCUT2D eigenvalue weighted by atomic mass is 9.77. The Morgan fingerprint density at radius 3 is 2.71 bits per heavy atom. The minimum absolute atomic E-state index is 0.402. The van der Waals surface area contributed by atoms with Crippen molar-refractivity contribution in [2.24, 2.45) is 5.73 Å². The fraction of sp³-hybridized carbons (Fsp3) is 0.263. The number of aromatic nitrogens is 2. The molecule has 4 aromatic rings. The Kier molecular flexibility index (Phi) is 2.68. The fourth-order valence-corrected chi connectivity index (χ4v) is 3.45. The molecular formula is C19H17N3O2. The van der Waals surface area contributed by atoms with Gasteiger partial charge in [-0.3, -0.25) is 0 Å². The molecule has 24 heavy (non-hydrogen) atoms. The van der Waals surface area contributed by atoms with E-state index in [1.807, 2.05) is 19.1 Å². The number of rotatable bonds is 2. The predicted octanol–water partition coefficient (Wildman–Crippen LogP) is 4.28. The standard InChI is InChI=1S/C19H17N3O2/c1-11-13-8-7-12-5-2-3-6-14(12)16(13)23-15(11)17-21-18(22-24-17)19(20)9-4-10-19/h2-3,5-8H,4,9-10,20H2,1H3. The van der Waals surface area contributed by atoms with Crippen LogP contribution in [0.25, 0.3) is 33.4 Å². The maximum absolute atomic E-state index is 6.29. The van der Waals surface area contributed by atoms with Gasteiger partial charge in [0.25, 0.3) is 5.89 Å². The van der Waals surface area contributed by atoms with Crippen LogP contribution in [-0.4, -0.2) is 10.1 Å². The molecule has 0 saturated heterocycles. The second-order valence-electron chi connectivity index (χ2n) is 6.65. The molecule has 5 heteroatoms. The number of benzene rings is 2. The van der Waals surface area contributed by atoms with Crippen molar-refractivity contribution in [1.29, 1.82) is 0 Å². The Morgan fingerprint density at radius 1 is 1.08 bits per heavy atom. The molecule has 0 amide bonds. The number of nitrogens with two attached hydrogens (primary N) is 1. The fourth-order valence-electron chi connectivity index (χ4n) is 3.45. The van der Waals surface area contributed by atoms with Gasteiger partial charge in [-0.25, -0.2) is 0 Å². The number of aryl methyl sites for hydroxylation is 1. The average Bonchev–Trinajstić information content (AvgIpc) is 3.18. The second kappa shape index (κ2) is 4.68. The molecule has 1 aliphatic rings. The lowest BCUT2D eigenvalue weighted by Gasteiger charge is -2.34. The zero-order chi connectivity index (χ0) is 16.3. The van der Waals surface area contributed by atoms with E-state index in [1.54, 1.807) is 0 Å². The normalized spacial score (nSPS) is 16.6. The van der Waals surface area contributed by atoms with Gasteiger partial charge in [-0.05, 0) is 31.6 Å². The van der Waals surface area contributed by atoms with Crippen LogP contribution in [0, 0.1) is 6.92 Å². The number of furan rings is 1. The van der Waals surface area contributed by atoms with E-state index in [1.165, 1.54) is 0 Å². The summed E-state index contributed by atoms with van der Waals surface area (Å²) in [7, 11) is 0. The van der Waals surface area contributed by atoms with Crippen LogP contribution in [0.1, 0.15) is 30.7 Å². The molecule has 0 aliphatic heterocycles. The summed E-state index contributed by atoms with van der Waals surface area (Å²) in [5, 5.41) is 7.38. The molecule has 5 nitrogen and oxygen atoms in total. The second-order valence-corrected chi connectivity index (χ2v) is 6.65. The van der Waals surface area contributed by atoms with Crippen molar-refractivity contribution >= 4 is 21.7 Å². The highest BCUT2D eigenvalue weighted by Gasteiger charge is 2.39. The minimum Gasteiger partial charge on any atom is -0.450 e. The molecule has 0 unspecified atom stereocenters. The first kappa shape index (κ1) is 13.7. The van der Waals surface area contributed by atoms with E-state index in [0.29, 0.717) is 17.5 Å². The van der Waals surface area contributed by atoms with Crippen molar-refractivity contribution < 1.29 is 8.94 Å². The number of hydrogen-bond acceptors (Lipinski definition) is 5. The van der Waals surface area contributed by atoms with Gasteiger partial charge in [-0.2, -0.15) is 4.98 Å². The third-order valence-electron chi connectivity index (χ3n) is 5.14. The van der Waals surface area contributed by atoms with Crippen LogP contribution >= 0.6 is 0 Å². The van der Waals surface area contributed by atoms with Gasteiger partial charge in [0.2, 0.25) is 0 Å². The van der Waals surface area contributed by atoms with E-state index in [0.717, 1.165) is 46.6 Å². The van der Waals surface area contributed by atoms with E-state index in [2.05, 4.69) is 34.4 Å². The molecule has 1 saturated carbocycles. The van der Waals surface area contributed by atoms with Gasteiger partial charge in [-0.1, -0.05) is 41.6 Å². The molecule has 1 fully saturated rings. The Hall–Kier alpha value is -2.66. The Bertz CT molecular complexity index is 1070. The average molecular weight is 319 g/mol. The monoisotopic (exact) mass is 319 g/mol. The van der Waals surface area contributed by atoms with Crippen LogP contribution in [0.3, 0.4) is 0 Å². The van der Waals surface area contributed by atoms with Gasteiger partial charge in [0, 0.05) is 16.3 Å². The molecule has 2 aromatic carbocycles. The quantitative estimate of drug-likeness (QED) is 0.596. The topological polar surface area (TPSA) is 78.1 Å². The third-order valence-corrected chi connectivity index (χ3v) is 5.14. The van der Waals surface area contributed by atoms with Gasteiger partial charge in [0.05, 0.1) is 5.54 Å². The van der Waals surface area contributed by atoms with Crippen molar-refractivity contribution in [3.63, 3.8) is 0 Å². The first-order valence-corrected chi connectivity index (χ1v) is 8.20. The van der Waals surface area contributed by atoms with Gasteiger partial charge < -0.3 is 14.7 Å². The van der Waals surface area contributed by atoms with Gasteiger partial charge >= 0.3 is 0 Å². The highest BCUT2D eigenvalue weighted by molar-refractivity contribution is 6.06. The van der Waals surface area contributed by atoms with Crippen LogP contribution in [0.4, 0.5) is 0 Å². The van der Waals surface area contributed by atoms with Crippen molar-refractivity contribution in [2.45, 2.75) is 31.7 Å². The molecular weight excluding hydrogens is 302 g/mol. The molecule has 5 rings (SSSR count). The molecule has 2 heterocycles. The predicted molar refractivity (Wildman–Crippen MR) is 91.5 cm³/mol. The van der Waals surface area contributed by atoms with Gasteiger partial charge in [0.15, 0.2) is 11.6 Å². The third kappa shape index (κ3) is 1.79. The van der Waals surface area contributed by atoms with E-state index in [-0.39, 0.29) is 0 Å². The molecule has 0 spiro atoms. The molecule has 0 bridgehead atoms. The summed E-state index contributed by atoms with van der Waals surface area (Å²) in [5.41, 5.74) is 7.71. The largest absolute Gasteiger partial charge is 0.450 e. The van der Waals surface area contributed by atoms with Crippen molar-refractivity contribution in [3.8, 4) is 11.7 Å². The summed E-state index contributed by atoms with van der Waals surface area (Å²) < 4.78 is 11.6. The van der Waals surface area contributed by atoms with Crippen LogP contribution in [0.5, 0.6) is 0 Å². The maximum Gasteiger partial charge on any atom is 0.294 e. The van der Waals surface area contributed by atoms with E-state index < -0.39 is 5.54 Å². The molecule has 1 aliphatic carbocycles. The summed E-state index contributed by atoms with van der Waals surface area (Å²) in [6.07, 6.45) is 2.90. The molecule has 120 valence electrons. The van der Waals surface area contributed by atoms with Gasteiger partial charge in [-0.15, -0.1) is 0 Å². The first-order valence-electron chi connectivity index (χ1n) is 8.20. The van der Waals surface area contributed by atoms with Crippen LogP contribution < -0.4 is 5.73 Å². The highest BCUT2D eigenvalue weighted by Crippen LogP contribution is 2.40. The summed E-state index contributed by atoms with van der Waals surface area (Å²) in [5.74, 6) is 1.61. The first-order chi connectivity index (χ1) is 11.7. The van der Waals surface area contributed by atoms with Crippen molar-refractivity contribution in [1.82, 2.24) is 10.1 Å². The lowest BCUT2D eigenvalue weighted by Crippen LogP contribution is -2.44.